The van der Waals surface area contributed by atoms with Crippen molar-refractivity contribution in [3.8, 4) is 0 Å². The van der Waals surface area contributed by atoms with Crippen molar-refractivity contribution < 1.29 is 17.6 Å². The Morgan fingerprint density at radius 2 is 1.65 bits per heavy atom. The molecule has 0 radical (unpaired) electrons. The molecule has 0 aromatic heterocycles. The number of benzene rings is 1. The van der Waals surface area contributed by atoms with Crippen molar-refractivity contribution >= 4 is 27.5 Å². The monoisotopic (exact) mass is 471 g/mol. The normalized spacial score (nSPS) is 26.3. The number of piperazine rings is 1. The highest BCUT2D eigenvalue weighted by Crippen LogP contribution is 2.29. The minimum absolute atomic E-state index is 0.0287. The van der Waals surface area contributed by atoms with Gasteiger partial charge in [0.1, 0.15) is 5.82 Å². The number of carbonyl (C=O) groups is 1. The number of halogens is 2. The van der Waals surface area contributed by atoms with Gasteiger partial charge in [-0.25, -0.2) is 17.5 Å². The summed E-state index contributed by atoms with van der Waals surface area (Å²) in [6.07, 6.45) is 7.82. The number of nitrogens with zero attached hydrogens (tertiary/aromatic N) is 2. The van der Waals surface area contributed by atoms with E-state index in [4.69, 9.17) is 11.6 Å². The van der Waals surface area contributed by atoms with Crippen LogP contribution in [0.3, 0.4) is 0 Å². The third kappa shape index (κ3) is 5.41. The maximum absolute atomic E-state index is 13.3. The molecule has 1 saturated heterocycles. The molecule has 1 heterocycles. The van der Waals surface area contributed by atoms with E-state index in [-0.39, 0.29) is 27.8 Å². The topological polar surface area (TPSA) is 69.7 Å². The zero-order valence-corrected chi connectivity index (χ0v) is 19.3. The zero-order valence-electron chi connectivity index (χ0n) is 17.7. The Balaban J connectivity index is 1.25. The fourth-order valence-electron chi connectivity index (χ4n) is 5.22. The third-order valence-electron chi connectivity index (χ3n) is 7.07. The average molecular weight is 472 g/mol. The van der Waals surface area contributed by atoms with Gasteiger partial charge in [-0.15, -0.1) is 0 Å². The van der Waals surface area contributed by atoms with Crippen LogP contribution in [0.15, 0.2) is 23.1 Å². The van der Waals surface area contributed by atoms with E-state index < -0.39 is 15.8 Å². The van der Waals surface area contributed by atoms with Crippen LogP contribution in [-0.4, -0.2) is 62.4 Å². The zero-order chi connectivity index (χ0) is 22.0. The number of amides is 1. The van der Waals surface area contributed by atoms with Crippen LogP contribution in [-0.2, 0) is 14.8 Å². The molecule has 1 N–H and O–H groups in total. The molecule has 1 aromatic carbocycles. The number of hydrogen-bond donors (Lipinski definition) is 1. The van der Waals surface area contributed by atoms with E-state index in [1.807, 2.05) is 4.90 Å². The summed E-state index contributed by atoms with van der Waals surface area (Å²) in [5.74, 6) is -0.458. The summed E-state index contributed by atoms with van der Waals surface area (Å²) in [4.78, 5) is 17.5. The molecule has 4 rings (SSSR count). The predicted octanol–water partition coefficient (Wildman–Crippen LogP) is 3.40. The molecule has 1 amide bonds. The highest BCUT2D eigenvalue weighted by molar-refractivity contribution is 7.89. The molecule has 172 valence electrons. The standard InChI is InChI=1S/C22H31ClFN3O3S/c23-20-15-19(9-10-21(20)24)31(29,30)25-17-7-5-16(6-8-17)22(28)27-13-11-26(12-14-27)18-3-1-2-4-18/h9-10,15-18,25H,1-8,11-14H2/t16-,17-. The Labute approximate surface area is 189 Å². The summed E-state index contributed by atoms with van der Waals surface area (Å²) in [6.45, 7) is 3.53. The van der Waals surface area contributed by atoms with Crippen molar-refractivity contribution in [1.82, 2.24) is 14.5 Å². The van der Waals surface area contributed by atoms with E-state index in [9.17, 15) is 17.6 Å². The second-order valence-electron chi connectivity index (χ2n) is 9.05. The summed E-state index contributed by atoms with van der Waals surface area (Å²) >= 11 is 5.72. The summed E-state index contributed by atoms with van der Waals surface area (Å²) in [6, 6.07) is 3.87. The van der Waals surface area contributed by atoms with Crippen LogP contribution < -0.4 is 4.72 Å². The summed E-state index contributed by atoms with van der Waals surface area (Å²) < 4.78 is 41.2. The average Bonchev–Trinajstić information content (AvgIpc) is 3.30. The molecule has 1 aromatic rings. The van der Waals surface area contributed by atoms with Gasteiger partial charge in [0.25, 0.3) is 0 Å². The van der Waals surface area contributed by atoms with E-state index >= 15 is 0 Å². The number of rotatable bonds is 5. The Morgan fingerprint density at radius 1 is 1.00 bits per heavy atom. The Morgan fingerprint density at radius 3 is 2.26 bits per heavy atom. The maximum Gasteiger partial charge on any atom is 0.240 e. The molecule has 0 spiro atoms. The fraction of sp³-hybridized carbons (Fsp3) is 0.682. The number of nitrogens with one attached hydrogen (secondary N) is 1. The number of carbonyl (C=O) groups excluding carboxylic acids is 1. The first-order chi connectivity index (χ1) is 14.8. The quantitative estimate of drug-likeness (QED) is 0.714. The molecule has 2 saturated carbocycles. The van der Waals surface area contributed by atoms with Gasteiger partial charge < -0.3 is 4.90 Å². The van der Waals surface area contributed by atoms with E-state index in [0.29, 0.717) is 31.7 Å². The molecular formula is C22H31ClFN3O3S. The van der Waals surface area contributed by atoms with Crippen LogP contribution >= 0.6 is 11.6 Å². The van der Waals surface area contributed by atoms with E-state index in [2.05, 4.69) is 9.62 Å². The van der Waals surface area contributed by atoms with Crippen LogP contribution in [0.2, 0.25) is 5.02 Å². The van der Waals surface area contributed by atoms with Gasteiger partial charge in [-0.2, -0.15) is 0 Å². The van der Waals surface area contributed by atoms with Crippen LogP contribution in [0.5, 0.6) is 0 Å². The minimum Gasteiger partial charge on any atom is -0.340 e. The molecule has 0 unspecified atom stereocenters. The first-order valence-electron chi connectivity index (χ1n) is 11.3. The lowest BCUT2D eigenvalue weighted by molar-refractivity contribution is -0.138. The predicted molar refractivity (Wildman–Crippen MR) is 118 cm³/mol. The van der Waals surface area contributed by atoms with Gasteiger partial charge in [0.05, 0.1) is 9.92 Å². The van der Waals surface area contributed by atoms with E-state index in [1.165, 1.54) is 31.7 Å². The molecule has 2 aliphatic carbocycles. The van der Waals surface area contributed by atoms with E-state index in [1.54, 1.807) is 0 Å². The first-order valence-corrected chi connectivity index (χ1v) is 13.2. The largest absolute Gasteiger partial charge is 0.340 e. The van der Waals surface area contributed by atoms with Crippen molar-refractivity contribution in [2.45, 2.75) is 68.3 Å². The van der Waals surface area contributed by atoms with Gasteiger partial charge in [0, 0.05) is 44.2 Å². The molecule has 1 aliphatic heterocycles. The van der Waals surface area contributed by atoms with Crippen LogP contribution in [0.1, 0.15) is 51.4 Å². The van der Waals surface area contributed by atoms with Gasteiger partial charge in [-0.3, -0.25) is 9.69 Å². The summed E-state index contributed by atoms with van der Waals surface area (Å²) in [5.41, 5.74) is 0. The van der Waals surface area contributed by atoms with Gasteiger partial charge in [0.2, 0.25) is 15.9 Å². The van der Waals surface area contributed by atoms with Crippen molar-refractivity contribution in [2.75, 3.05) is 26.2 Å². The second-order valence-corrected chi connectivity index (χ2v) is 11.2. The highest BCUT2D eigenvalue weighted by Gasteiger charge is 2.34. The third-order valence-corrected chi connectivity index (χ3v) is 8.87. The SMILES string of the molecule is O=C([C@H]1CC[C@H](NS(=O)(=O)c2ccc(F)c(Cl)c2)CC1)N1CCN(C2CCCC2)CC1. The lowest BCUT2D eigenvalue weighted by atomic mass is 9.85. The van der Waals surface area contributed by atoms with Crippen molar-refractivity contribution in [1.29, 1.82) is 0 Å². The van der Waals surface area contributed by atoms with Crippen molar-refractivity contribution in [3.05, 3.63) is 29.0 Å². The van der Waals surface area contributed by atoms with Gasteiger partial charge in [-0.05, 0) is 56.7 Å². The van der Waals surface area contributed by atoms with Crippen molar-refractivity contribution in [3.63, 3.8) is 0 Å². The van der Waals surface area contributed by atoms with Gasteiger partial charge in [0.15, 0.2) is 0 Å². The van der Waals surface area contributed by atoms with Crippen LogP contribution in [0, 0.1) is 11.7 Å². The maximum atomic E-state index is 13.3. The summed E-state index contributed by atoms with van der Waals surface area (Å²) in [7, 11) is -3.77. The molecule has 31 heavy (non-hydrogen) atoms. The molecule has 0 atom stereocenters. The Bertz CT molecular complexity index is 891. The Kier molecular flexibility index (Phi) is 7.20. The second kappa shape index (κ2) is 9.73. The lowest BCUT2D eigenvalue weighted by Crippen LogP contribution is -2.53. The van der Waals surface area contributed by atoms with Crippen LogP contribution in [0.4, 0.5) is 4.39 Å². The first kappa shape index (κ1) is 23.0. The van der Waals surface area contributed by atoms with Crippen molar-refractivity contribution in [2.24, 2.45) is 5.92 Å². The van der Waals surface area contributed by atoms with Gasteiger partial charge >= 0.3 is 0 Å². The molecule has 9 heteroatoms. The summed E-state index contributed by atoms with van der Waals surface area (Å²) in [5, 5.41) is -0.217. The molecular weight excluding hydrogens is 441 g/mol. The van der Waals surface area contributed by atoms with Gasteiger partial charge in [-0.1, -0.05) is 24.4 Å². The van der Waals surface area contributed by atoms with Crippen LogP contribution in [0.25, 0.3) is 0 Å². The smallest absolute Gasteiger partial charge is 0.240 e. The molecule has 6 nitrogen and oxygen atoms in total. The highest BCUT2D eigenvalue weighted by atomic mass is 35.5. The van der Waals surface area contributed by atoms with E-state index in [0.717, 1.165) is 38.3 Å². The molecule has 0 bridgehead atoms. The molecule has 3 aliphatic rings. The number of sulfonamides is 1. The lowest BCUT2D eigenvalue weighted by Gasteiger charge is -2.40. The number of hydrogen-bond acceptors (Lipinski definition) is 4. The fourth-order valence-corrected chi connectivity index (χ4v) is 6.80. The minimum atomic E-state index is -3.77. The molecule has 3 fully saturated rings. The Hall–Kier alpha value is -1.22.